The van der Waals surface area contributed by atoms with E-state index in [1.54, 1.807) is 0 Å². The number of rotatable bonds is 6. The summed E-state index contributed by atoms with van der Waals surface area (Å²) in [7, 11) is 0. The van der Waals surface area contributed by atoms with Crippen LogP contribution in [0, 0.1) is 6.92 Å². The zero-order valence-electron chi connectivity index (χ0n) is 11.0. The van der Waals surface area contributed by atoms with Crippen molar-refractivity contribution in [1.29, 1.82) is 0 Å². The first kappa shape index (κ1) is 13.2. The van der Waals surface area contributed by atoms with Crippen LogP contribution >= 0.6 is 11.3 Å². The van der Waals surface area contributed by atoms with Gasteiger partial charge in [0, 0.05) is 23.3 Å². The van der Waals surface area contributed by atoms with E-state index in [4.69, 9.17) is 0 Å². The molecule has 0 aliphatic rings. The molecule has 0 fully saturated rings. The molecule has 0 amide bonds. The van der Waals surface area contributed by atoms with Crippen molar-refractivity contribution in [2.24, 2.45) is 0 Å². The fraction of sp³-hybridized carbons (Fsp3) is 0.400. The van der Waals surface area contributed by atoms with Gasteiger partial charge in [0.2, 0.25) is 0 Å². The Labute approximate surface area is 113 Å². The second-order valence-corrected chi connectivity index (χ2v) is 5.49. The summed E-state index contributed by atoms with van der Waals surface area (Å²) >= 11 is 1.84. The fourth-order valence-electron chi connectivity index (χ4n) is 2.23. The standard InChI is InChI=1S/C15H20N2S/c1-3-17-15(7-6-13-5-4-10-18-13)14-8-9-16-11-12(14)2/h4-5,8-11,15,17H,3,6-7H2,1-2H3. The van der Waals surface area contributed by atoms with Gasteiger partial charge in [0.1, 0.15) is 0 Å². The minimum Gasteiger partial charge on any atom is -0.310 e. The molecule has 0 aliphatic heterocycles. The average molecular weight is 260 g/mol. The number of thiophene rings is 1. The molecule has 2 nitrogen and oxygen atoms in total. The molecular formula is C15H20N2S. The van der Waals surface area contributed by atoms with E-state index < -0.39 is 0 Å². The number of aryl methyl sites for hydroxylation is 2. The average Bonchev–Trinajstić information content (AvgIpc) is 2.88. The molecule has 1 N–H and O–H groups in total. The molecule has 3 heteroatoms. The highest BCUT2D eigenvalue weighted by Gasteiger charge is 2.12. The lowest BCUT2D eigenvalue weighted by Gasteiger charge is -2.19. The lowest BCUT2D eigenvalue weighted by atomic mass is 9.99. The SMILES string of the molecule is CCNC(CCc1cccs1)c1ccncc1C. The van der Waals surface area contributed by atoms with E-state index in [0.29, 0.717) is 6.04 Å². The Morgan fingerprint density at radius 3 is 2.94 bits per heavy atom. The molecule has 2 rings (SSSR count). The monoisotopic (exact) mass is 260 g/mol. The van der Waals surface area contributed by atoms with Crippen molar-refractivity contribution < 1.29 is 0 Å². The summed E-state index contributed by atoms with van der Waals surface area (Å²) in [4.78, 5) is 5.63. The molecule has 0 saturated heterocycles. The van der Waals surface area contributed by atoms with E-state index in [-0.39, 0.29) is 0 Å². The summed E-state index contributed by atoms with van der Waals surface area (Å²) in [5, 5.41) is 5.73. The van der Waals surface area contributed by atoms with Crippen LogP contribution in [-0.2, 0) is 6.42 Å². The molecule has 96 valence electrons. The van der Waals surface area contributed by atoms with Gasteiger partial charge in [-0.1, -0.05) is 13.0 Å². The van der Waals surface area contributed by atoms with E-state index in [2.05, 4.69) is 47.7 Å². The van der Waals surface area contributed by atoms with Crippen molar-refractivity contribution in [1.82, 2.24) is 10.3 Å². The van der Waals surface area contributed by atoms with E-state index in [1.165, 1.54) is 16.0 Å². The second-order valence-electron chi connectivity index (χ2n) is 4.46. The maximum atomic E-state index is 4.17. The van der Waals surface area contributed by atoms with Crippen LogP contribution in [0.5, 0.6) is 0 Å². The predicted molar refractivity (Wildman–Crippen MR) is 78.0 cm³/mol. The number of pyridine rings is 1. The summed E-state index contributed by atoms with van der Waals surface area (Å²) in [5.41, 5.74) is 2.65. The minimum absolute atomic E-state index is 0.431. The highest BCUT2D eigenvalue weighted by atomic mass is 32.1. The Kier molecular flexibility index (Phi) is 4.90. The molecule has 0 spiro atoms. The van der Waals surface area contributed by atoms with Crippen LogP contribution in [0.2, 0.25) is 0 Å². The molecule has 1 atom stereocenters. The summed E-state index contributed by atoms with van der Waals surface area (Å²) in [6.07, 6.45) is 6.11. The van der Waals surface area contributed by atoms with Gasteiger partial charge in [-0.2, -0.15) is 0 Å². The lowest BCUT2D eigenvalue weighted by molar-refractivity contribution is 0.514. The molecule has 0 radical (unpaired) electrons. The smallest absolute Gasteiger partial charge is 0.0327 e. The van der Waals surface area contributed by atoms with Crippen molar-refractivity contribution in [3.8, 4) is 0 Å². The van der Waals surface area contributed by atoms with Gasteiger partial charge >= 0.3 is 0 Å². The van der Waals surface area contributed by atoms with Gasteiger partial charge in [-0.3, -0.25) is 4.98 Å². The molecule has 0 bridgehead atoms. The summed E-state index contributed by atoms with van der Waals surface area (Å²) in [5.74, 6) is 0. The molecule has 18 heavy (non-hydrogen) atoms. The van der Waals surface area contributed by atoms with Crippen LogP contribution in [0.25, 0.3) is 0 Å². The number of hydrogen-bond donors (Lipinski definition) is 1. The first-order chi connectivity index (χ1) is 8.81. The molecular weight excluding hydrogens is 240 g/mol. The minimum atomic E-state index is 0.431. The van der Waals surface area contributed by atoms with Crippen molar-refractivity contribution in [3.05, 3.63) is 52.0 Å². The van der Waals surface area contributed by atoms with Gasteiger partial charge in [-0.15, -0.1) is 11.3 Å². The summed E-state index contributed by atoms with van der Waals surface area (Å²) in [6.45, 7) is 5.29. The highest BCUT2D eigenvalue weighted by molar-refractivity contribution is 7.09. The zero-order chi connectivity index (χ0) is 12.8. The van der Waals surface area contributed by atoms with Gasteiger partial charge in [-0.25, -0.2) is 0 Å². The van der Waals surface area contributed by atoms with Crippen molar-refractivity contribution in [2.45, 2.75) is 32.7 Å². The number of nitrogens with zero attached hydrogens (tertiary/aromatic N) is 1. The van der Waals surface area contributed by atoms with Crippen molar-refractivity contribution >= 4 is 11.3 Å². The first-order valence-corrected chi connectivity index (χ1v) is 7.35. The summed E-state index contributed by atoms with van der Waals surface area (Å²) < 4.78 is 0. The Bertz CT molecular complexity index is 465. The Morgan fingerprint density at radius 2 is 2.28 bits per heavy atom. The first-order valence-electron chi connectivity index (χ1n) is 6.47. The number of nitrogens with one attached hydrogen (secondary N) is 1. The lowest BCUT2D eigenvalue weighted by Crippen LogP contribution is -2.22. The molecule has 2 aromatic rings. The zero-order valence-corrected chi connectivity index (χ0v) is 11.8. The van der Waals surface area contributed by atoms with Gasteiger partial charge in [0.25, 0.3) is 0 Å². The number of aromatic nitrogens is 1. The van der Waals surface area contributed by atoms with Crippen molar-refractivity contribution in [3.63, 3.8) is 0 Å². The van der Waals surface area contributed by atoms with Crippen molar-refractivity contribution in [2.75, 3.05) is 6.54 Å². The van der Waals surface area contributed by atoms with Crippen LogP contribution in [-0.4, -0.2) is 11.5 Å². The fourth-order valence-corrected chi connectivity index (χ4v) is 2.96. The maximum absolute atomic E-state index is 4.17. The maximum Gasteiger partial charge on any atom is 0.0327 e. The van der Waals surface area contributed by atoms with E-state index in [0.717, 1.165) is 19.4 Å². The van der Waals surface area contributed by atoms with Gasteiger partial charge in [0.05, 0.1) is 0 Å². The van der Waals surface area contributed by atoms with Crippen LogP contribution in [0.3, 0.4) is 0 Å². The van der Waals surface area contributed by atoms with Crippen LogP contribution in [0.15, 0.2) is 36.0 Å². The normalized spacial score (nSPS) is 12.6. The van der Waals surface area contributed by atoms with E-state index in [9.17, 15) is 0 Å². The van der Waals surface area contributed by atoms with Crippen LogP contribution in [0.4, 0.5) is 0 Å². The Hall–Kier alpha value is -1.19. The topological polar surface area (TPSA) is 24.9 Å². The van der Waals surface area contributed by atoms with Gasteiger partial charge in [0.15, 0.2) is 0 Å². The number of hydrogen-bond acceptors (Lipinski definition) is 3. The largest absolute Gasteiger partial charge is 0.310 e. The molecule has 2 heterocycles. The second kappa shape index (κ2) is 6.66. The predicted octanol–water partition coefficient (Wildman–Crippen LogP) is 3.73. The third-order valence-corrected chi connectivity index (χ3v) is 4.09. The molecule has 0 saturated carbocycles. The van der Waals surface area contributed by atoms with Crippen LogP contribution in [0.1, 0.15) is 35.4 Å². The van der Waals surface area contributed by atoms with Gasteiger partial charge < -0.3 is 5.32 Å². The van der Waals surface area contributed by atoms with Gasteiger partial charge in [-0.05, 0) is 54.9 Å². The van der Waals surface area contributed by atoms with E-state index in [1.807, 2.05) is 23.7 Å². The summed E-state index contributed by atoms with van der Waals surface area (Å²) in [6, 6.07) is 6.91. The molecule has 2 aromatic heterocycles. The van der Waals surface area contributed by atoms with Crippen LogP contribution < -0.4 is 5.32 Å². The highest BCUT2D eigenvalue weighted by Crippen LogP contribution is 2.23. The molecule has 0 aromatic carbocycles. The molecule has 1 unspecified atom stereocenters. The Balaban J connectivity index is 2.06. The quantitative estimate of drug-likeness (QED) is 0.856. The Morgan fingerprint density at radius 1 is 1.39 bits per heavy atom. The molecule has 0 aliphatic carbocycles. The van der Waals surface area contributed by atoms with E-state index >= 15 is 0 Å². The third-order valence-electron chi connectivity index (χ3n) is 3.15. The third kappa shape index (κ3) is 3.40.